The number of esters is 2. The predicted molar refractivity (Wildman–Crippen MR) is 61.9 cm³/mol. The molecule has 1 aliphatic heterocycles. The molecule has 0 atom stereocenters. The van der Waals surface area contributed by atoms with Gasteiger partial charge in [0.05, 0.1) is 11.1 Å². The highest BCUT2D eigenvalue weighted by atomic mass is 16.6. The lowest BCUT2D eigenvalue weighted by atomic mass is 9.88. The Bertz CT molecular complexity index is 646. The van der Waals surface area contributed by atoms with E-state index in [2.05, 4.69) is 4.74 Å². The summed E-state index contributed by atoms with van der Waals surface area (Å²) in [5.74, 6) is -1.12. The Morgan fingerprint density at radius 1 is 1.00 bits per heavy atom. The zero-order valence-corrected chi connectivity index (χ0v) is 8.61. The normalized spacial score (nSPS) is 14.0. The van der Waals surface area contributed by atoms with Gasteiger partial charge in [0.1, 0.15) is 7.85 Å². The summed E-state index contributed by atoms with van der Waals surface area (Å²) in [4.78, 5) is 23.1. The lowest BCUT2D eigenvalue weighted by Gasteiger charge is -2.15. The van der Waals surface area contributed by atoms with Crippen molar-refractivity contribution in [3.63, 3.8) is 0 Å². The number of carbonyl (C=O) groups excluding carboxylic acids is 2. The summed E-state index contributed by atoms with van der Waals surface area (Å²) in [5.41, 5.74) is 1.92. The Morgan fingerprint density at radius 2 is 1.75 bits per heavy atom. The summed E-state index contributed by atoms with van der Waals surface area (Å²) in [6.45, 7) is 0. The molecule has 0 bridgehead atoms. The van der Waals surface area contributed by atoms with Crippen molar-refractivity contribution in [3.8, 4) is 0 Å². The largest absolute Gasteiger partial charge is 0.386 e. The maximum absolute atomic E-state index is 11.6. The quantitative estimate of drug-likeness (QED) is 0.359. The van der Waals surface area contributed by atoms with Crippen LogP contribution in [-0.2, 0) is 4.74 Å². The molecule has 0 aromatic heterocycles. The second-order valence-electron chi connectivity index (χ2n) is 3.89. The molecule has 1 heterocycles. The fraction of sp³-hybridized carbons (Fsp3) is 0. The summed E-state index contributed by atoms with van der Waals surface area (Å²) in [5, 5.41) is 1.60. The zero-order valence-electron chi connectivity index (χ0n) is 8.61. The van der Waals surface area contributed by atoms with Crippen molar-refractivity contribution in [1.82, 2.24) is 0 Å². The SMILES string of the molecule is Bc1cc2c3c(cccc3c1)C(=O)OC2=O. The summed E-state index contributed by atoms with van der Waals surface area (Å²) in [6, 6.07) is 9.06. The highest BCUT2D eigenvalue weighted by Crippen LogP contribution is 2.27. The van der Waals surface area contributed by atoms with Gasteiger partial charge in [0.15, 0.2) is 0 Å². The average molecular weight is 210 g/mol. The third-order valence-corrected chi connectivity index (χ3v) is 2.75. The van der Waals surface area contributed by atoms with Crippen LogP contribution in [0.5, 0.6) is 0 Å². The van der Waals surface area contributed by atoms with E-state index in [1.54, 1.807) is 18.2 Å². The van der Waals surface area contributed by atoms with Gasteiger partial charge in [0.25, 0.3) is 0 Å². The zero-order chi connectivity index (χ0) is 11.3. The molecule has 2 aromatic rings. The molecule has 3 nitrogen and oxygen atoms in total. The maximum atomic E-state index is 11.6. The van der Waals surface area contributed by atoms with E-state index in [4.69, 9.17) is 0 Å². The maximum Gasteiger partial charge on any atom is 0.346 e. The van der Waals surface area contributed by atoms with Gasteiger partial charge < -0.3 is 4.74 Å². The molecule has 4 heteroatoms. The van der Waals surface area contributed by atoms with E-state index in [0.29, 0.717) is 16.5 Å². The highest BCUT2D eigenvalue weighted by Gasteiger charge is 2.26. The Hall–Kier alpha value is -2.10. The van der Waals surface area contributed by atoms with Crippen molar-refractivity contribution in [3.05, 3.63) is 41.5 Å². The van der Waals surface area contributed by atoms with E-state index < -0.39 is 11.9 Å². The van der Waals surface area contributed by atoms with Gasteiger partial charge in [0.2, 0.25) is 0 Å². The minimum Gasteiger partial charge on any atom is -0.386 e. The van der Waals surface area contributed by atoms with Crippen LogP contribution >= 0.6 is 0 Å². The molecule has 3 rings (SSSR count). The second kappa shape index (κ2) is 2.95. The van der Waals surface area contributed by atoms with E-state index in [-0.39, 0.29) is 0 Å². The molecule has 16 heavy (non-hydrogen) atoms. The molecule has 2 aromatic carbocycles. The first-order valence-electron chi connectivity index (χ1n) is 4.97. The van der Waals surface area contributed by atoms with Gasteiger partial charge in [-0.05, 0) is 11.5 Å². The molecule has 1 aliphatic rings. The van der Waals surface area contributed by atoms with E-state index in [1.165, 1.54) is 0 Å². The van der Waals surface area contributed by atoms with Crippen molar-refractivity contribution >= 4 is 36.0 Å². The summed E-state index contributed by atoms with van der Waals surface area (Å²) in [7, 11) is 1.91. The van der Waals surface area contributed by atoms with Crippen molar-refractivity contribution in [1.29, 1.82) is 0 Å². The Morgan fingerprint density at radius 3 is 2.56 bits per heavy atom. The molecule has 0 N–H and O–H groups in total. The fourth-order valence-electron chi connectivity index (χ4n) is 2.10. The summed E-state index contributed by atoms with van der Waals surface area (Å²) in [6.07, 6.45) is 0. The highest BCUT2D eigenvalue weighted by molar-refractivity contribution is 6.35. The first kappa shape index (κ1) is 9.15. The molecule has 76 valence electrons. The van der Waals surface area contributed by atoms with Crippen molar-refractivity contribution in [2.24, 2.45) is 0 Å². The van der Waals surface area contributed by atoms with Crippen LogP contribution in [0.4, 0.5) is 0 Å². The van der Waals surface area contributed by atoms with Crippen LogP contribution in [0, 0.1) is 0 Å². The van der Waals surface area contributed by atoms with Crippen LogP contribution < -0.4 is 5.46 Å². The molecule has 0 aliphatic carbocycles. The molecule has 0 spiro atoms. The summed E-state index contributed by atoms with van der Waals surface area (Å²) < 4.78 is 4.68. The third kappa shape index (κ3) is 1.10. The van der Waals surface area contributed by atoms with Gasteiger partial charge in [-0.25, -0.2) is 9.59 Å². The van der Waals surface area contributed by atoms with Crippen molar-refractivity contribution < 1.29 is 14.3 Å². The molecule has 0 saturated heterocycles. The minimum absolute atomic E-state index is 0.465. The van der Waals surface area contributed by atoms with Gasteiger partial charge in [-0.2, -0.15) is 0 Å². The fourth-order valence-corrected chi connectivity index (χ4v) is 2.10. The second-order valence-corrected chi connectivity index (χ2v) is 3.89. The molecule has 0 radical (unpaired) electrons. The summed E-state index contributed by atoms with van der Waals surface area (Å²) >= 11 is 0. The van der Waals surface area contributed by atoms with Gasteiger partial charge in [-0.15, -0.1) is 0 Å². The Kier molecular flexibility index (Phi) is 1.69. The molecule has 0 fully saturated rings. The van der Waals surface area contributed by atoms with Crippen molar-refractivity contribution in [2.45, 2.75) is 0 Å². The number of carbonyl (C=O) groups is 2. The number of ether oxygens (including phenoxy) is 1. The lowest BCUT2D eigenvalue weighted by molar-refractivity contribution is 0.0391. The smallest absolute Gasteiger partial charge is 0.346 e. The molecule has 0 saturated carbocycles. The number of cyclic esters (lactones) is 2. The predicted octanol–water partition coefficient (Wildman–Crippen LogP) is 0.409. The molecular formula is C12H7BO3. The van der Waals surface area contributed by atoms with Crippen molar-refractivity contribution in [2.75, 3.05) is 0 Å². The lowest BCUT2D eigenvalue weighted by Crippen LogP contribution is -2.21. The van der Waals surface area contributed by atoms with Crippen LogP contribution in [0.3, 0.4) is 0 Å². The van der Waals surface area contributed by atoms with Crippen LogP contribution in [-0.4, -0.2) is 19.8 Å². The van der Waals surface area contributed by atoms with E-state index >= 15 is 0 Å². The third-order valence-electron chi connectivity index (χ3n) is 2.75. The first-order chi connectivity index (χ1) is 7.66. The van der Waals surface area contributed by atoms with Crippen LogP contribution in [0.25, 0.3) is 10.8 Å². The van der Waals surface area contributed by atoms with Gasteiger partial charge in [-0.1, -0.05) is 29.7 Å². The van der Waals surface area contributed by atoms with E-state index in [9.17, 15) is 9.59 Å². The Labute approximate surface area is 92.4 Å². The minimum atomic E-state index is -0.563. The van der Waals surface area contributed by atoms with Crippen LogP contribution in [0.1, 0.15) is 20.7 Å². The van der Waals surface area contributed by atoms with Crippen LogP contribution in [0.2, 0.25) is 0 Å². The van der Waals surface area contributed by atoms with Crippen LogP contribution in [0.15, 0.2) is 30.3 Å². The number of rotatable bonds is 0. The standard InChI is InChI=1S/C12H7BO3/c13-7-4-6-2-1-3-8-10(6)9(5-7)12(15)16-11(8)14/h1-5H,13H2. The topological polar surface area (TPSA) is 43.4 Å². The number of hydrogen-bond donors (Lipinski definition) is 0. The van der Waals surface area contributed by atoms with Gasteiger partial charge in [0, 0.05) is 5.39 Å². The average Bonchev–Trinajstić information content (AvgIpc) is 2.25. The van der Waals surface area contributed by atoms with Gasteiger partial charge in [-0.3, -0.25) is 0 Å². The molecular weight excluding hydrogens is 203 g/mol. The molecule has 0 amide bonds. The monoisotopic (exact) mass is 210 g/mol. The van der Waals surface area contributed by atoms with E-state index in [0.717, 1.165) is 10.8 Å². The number of benzene rings is 2. The Balaban J connectivity index is 2.55. The number of hydrogen-bond acceptors (Lipinski definition) is 3. The molecule has 0 unspecified atom stereocenters. The van der Waals surface area contributed by atoms with Gasteiger partial charge >= 0.3 is 11.9 Å². The van der Waals surface area contributed by atoms with E-state index in [1.807, 2.05) is 20.0 Å². The first-order valence-corrected chi connectivity index (χ1v) is 4.97.